The van der Waals surface area contributed by atoms with Crippen LogP contribution >= 0.6 is 11.6 Å². The van der Waals surface area contributed by atoms with E-state index in [1.165, 1.54) is 0 Å². The van der Waals surface area contributed by atoms with E-state index in [1.807, 2.05) is 39.8 Å². The number of esters is 1. The molecule has 160 valence electrons. The van der Waals surface area contributed by atoms with E-state index < -0.39 is 11.6 Å². The molecule has 0 aromatic heterocycles. The number of nitrogens with one attached hydrogen (secondary N) is 1. The van der Waals surface area contributed by atoms with Crippen LogP contribution in [-0.2, 0) is 19.1 Å². The standard InChI is InChI=1S/C21H29ClN2O5/c1-14(16-6-5-7-17(22)12-16)23-18(25)13-28-19(26)15-8-10-24(11-9-15)20(27)29-21(2,3)4/h5-7,12,14-15H,8-11,13H2,1-4H3,(H,23,25)/t14-/m1/s1. The molecule has 1 heterocycles. The second-order valence-electron chi connectivity index (χ2n) is 8.19. The maximum absolute atomic E-state index is 12.3. The van der Waals surface area contributed by atoms with E-state index >= 15 is 0 Å². The summed E-state index contributed by atoms with van der Waals surface area (Å²) < 4.78 is 10.5. The van der Waals surface area contributed by atoms with Crippen molar-refractivity contribution in [2.45, 2.75) is 52.2 Å². The van der Waals surface area contributed by atoms with Crippen LogP contribution in [0.3, 0.4) is 0 Å². The number of likely N-dealkylation sites (tertiary alicyclic amines) is 1. The predicted molar refractivity (Wildman–Crippen MR) is 109 cm³/mol. The Hall–Kier alpha value is -2.28. The number of amides is 2. The Bertz CT molecular complexity index is 739. The molecule has 1 aliphatic rings. The van der Waals surface area contributed by atoms with Crippen molar-refractivity contribution < 1.29 is 23.9 Å². The lowest BCUT2D eigenvalue weighted by molar-refractivity contribution is -0.154. The molecular formula is C21H29ClN2O5. The van der Waals surface area contributed by atoms with Crippen LogP contribution in [0.2, 0.25) is 5.02 Å². The summed E-state index contributed by atoms with van der Waals surface area (Å²) in [6, 6.07) is 6.95. The van der Waals surface area contributed by atoms with Crippen LogP contribution in [0.4, 0.5) is 4.79 Å². The number of ether oxygens (including phenoxy) is 2. The minimum absolute atomic E-state index is 0.253. The molecule has 2 rings (SSSR count). The monoisotopic (exact) mass is 424 g/mol. The Balaban J connectivity index is 1.73. The van der Waals surface area contributed by atoms with Gasteiger partial charge in [-0.25, -0.2) is 4.79 Å². The van der Waals surface area contributed by atoms with E-state index in [0.717, 1.165) is 5.56 Å². The summed E-state index contributed by atoms with van der Waals surface area (Å²) in [5.74, 6) is -1.12. The van der Waals surface area contributed by atoms with Crippen LogP contribution < -0.4 is 5.32 Å². The molecule has 8 heteroatoms. The van der Waals surface area contributed by atoms with Crippen LogP contribution in [-0.4, -0.2) is 48.2 Å². The number of rotatable bonds is 5. The van der Waals surface area contributed by atoms with Gasteiger partial charge >= 0.3 is 12.1 Å². The number of nitrogens with zero attached hydrogens (tertiary/aromatic N) is 1. The van der Waals surface area contributed by atoms with Gasteiger partial charge in [-0.05, 0) is 58.2 Å². The van der Waals surface area contributed by atoms with Crippen molar-refractivity contribution in [3.05, 3.63) is 34.9 Å². The van der Waals surface area contributed by atoms with Crippen LogP contribution in [0.5, 0.6) is 0 Å². The third-order valence-corrected chi connectivity index (χ3v) is 4.79. The zero-order valence-corrected chi connectivity index (χ0v) is 18.1. The number of carbonyl (C=O) groups excluding carboxylic acids is 3. The quantitative estimate of drug-likeness (QED) is 0.728. The molecule has 0 spiro atoms. The number of piperidine rings is 1. The van der Waals surface area contributed by atoms with Crippen molar-refractivity contribution in [1.29, 1.82) is 0 Å². The first-order valence-corrected chi connectivity index (χ1v) is 10.1. The number of halogens is 1. The number of hydrogen-bond acceptors (Lipinski definition) is 5. The third-order valence-electron chi connectivity index (χ3n) is 4.55. The van der Waals surface area contributed by atoms with Crippen LogP contribution in [0, 0.1) is 5.92 Å². The van der Waals surface area contributed by atoms with E-state index in [4.69, 9.17) is 21.1 Å². The van der Waals surface area contributed by atoms with E-state index in [9.17, 15) is 14.4 Å². The first-order valence-electron chi connectivity index (χ1n) is 9.74. The highest BCUT2D eigenvalue weighted by molar-refractivity contribution is 6.30. The van der Waals surface area contributed by atoms with Crippen LogP contribution in [0.25, 0.3) is 0 Å². The predicted octanol–water partition coefficient (Wildman–Crippen LogP) is 3.71. The number of hydrogen-bond donors (Lipinski definition) is 1. The molecule has 2 amide bonds. The summed E-state index contributed by atoms with van der Waals surface area (Å²) in [7, 11) is 0. The van der Waals surface area contributed by atoms with Gasteiger partial charge in [-0.3, -0.25) is 9.59 Å². The Morgan fingerprint density at radius 2 is 1.90 bits per heavy atom. The van der Waals surface area contributed by atoms with Gasteiger partial charge in [-0.1, -0.05) is 23.7 Å². The summed E-state index contributed by atoms with van der Waals surface area (Å²) >= 11 is 5.96. The normalized spacial score (nSPS) is 16.1. The smallest absolute Gasteiger partial charge is 0.410 e. The average molecular weight is 425 g/mol. The molecule has 1 aliphatic heterocycles. The number of carbonyl (C=O) groups is 3. The lowest BCUT2D eigenvalue weighted by Gasteiger charge is -2.32. The van der Waals surface area contributed by atoms with Gasteiger partial charge in [0.25, 0.3) is 5.91 Å². The van der Waals surface area contributed by atoms with Crippen molar-refractivity contribution in [3.63, 3.8) is 0 Å². The molecule has 0 radical (unpaired) electrons. The molecule has 0 aliphatic carbocycles. The zero-order chi connectivity index (χ0) is 21.6. The molecule has 1 fully saturated rings. The topological polar surface area (TPSA) is 84.9 Å². The van der Waals surface area contributed by atoms with Crippen molar-refractivity contribution in [3.8, 4) is 0 Å². The maximum Gasteiger partial charge on any atom is 0.410 e. The maximum atomic E-state index is 12.3. The van der Waals surface area contributed by atoms with Gasteiger partial charge in [0.15, 0.2) is 6.61 Å². The molecule has 7 nitrogen and oxygen atoms in total. The first-order chi connectivity index (χ1) is 13.5. The van der Waals surface area contributed by atoms with Gasteiger partial charge in [-0.2, -0.15) is 0 Å². The van der Waals surface area contributed by atoms with Crippen LogP contribution in [0.15, 0.2) is 24.3 Å². The highest BCUT2D eigenvalue weighted by atomic mass is 35.5. The Kier molecular flexibility index (Phi) is 7.90. The first kappa shape index (κ1) is 23.0. The molecule has 1 saturated heterocycles. The molecule has 1 N–H and O–H groups in total. The van der Waals surface area contributed by atoms with E-state index in [1.54, 1.807) is 17.0 Å². The molecule has 0 unspecified atom stereocenters. The van der Waals surface area contributed by atoms with Gasteiger partial charge in [0, 0.05) is 18.1 Å². The Morgan fingerprint density at radius 1 is 1.24 bits per heavy atom. The van der Waals surface area contributed by atoms with Gasteiger partial charge in [0.1, 0.15) is 5.60 Å². The minimum Gasteiger partial charge on any atom is -0.455 e. The Labute approximate surface area is 176 Å². The fraction of sp³-hybridized carbons (Fsp3) is 0.571. The molecule has 1 aromatic rings. The molecular weight excluding hydrogens is 396 g/mol. The summed E-state index contributed by atoms with van der Waals surface area (Å²) in [5, 5.41) is 3.37. The van der Waals surface area contributed by atoms with Crippen molar-refractivity contribution >= 4 is 29.6 Å². The summed E-state index contributed by atoms with van der Waals surface area (Å²) in [4.78, 5) is 38.0. The zero-order valence-electron chi connectivity index (χ0n) is 17.4. The summed E-state index contributed by atoms with van der Waals surface area (Å²) in [5.41, 5.74) is 0.314. The van der Waals surface area contributed by atoms with Crippen molar-refractivity contribution in [1.82, 2.24) is 10.2 Å². The van der Waals surface area contributed by atoms with E-state index in [2.05, 4.69) is 5.32 Å². The fourth-order valence-electron chi connectivity index (χ4n) is 3.02. The summed E-state index contributed by atoms with van der Waals surface area (Å²) in [6.07, 6.45) is 0.593. The van der Waals surface area contributed by atoms with Gasteiger partial charge in [0.05, 0.1) is 12.0 Å². The van der Waals surface area contributed by atoms with Gasteiger partial charge in [0.2, 0.25) is 0 Å². The molecule has 0 bridgehead atoms. The molecule has 29 heavy (non-hydrogen) atoms. The van der Waals surface area contributed by atoms with E-state index in [-0.39, 0.29) is 30.6 Å². The van der Waals surface area contributed by atoms with Gasteiger partial charge < -0.3 is 19.7 Å². The van der Waals surface area contributed by atoms with Crippen molar-refractivity contribution in [2.75, 3.05) is 19.7 Å². The second-order valence-corrected chi connectivity index (χ2v) is 8.63. The minimum atomic E-state index is -0.553. The largest absolute Gasteiger partial charge is 0.455 e. The third kappa shape index (κ3) is 7.57. The lowest BCUT2D eigenvalue weighted by Crippen LogP contribution is -2.43. The lowest BCUT2D eigenvalue weighted by atomic mass is 9.97. The average Bonchev–Trinajstić information content (AvgIpc) is 2.65. The van der Waals surface area contributed by atoms with E-state index in [0.29, 0.717) is 31.0 Å². The SMILES string of the molecule is C[C@@H](NC(=O)COC(=O)C1CCN(C(=O)OC(C)(C)C)CC1)c1cccc(Cl)c1. The van der Waals surface area contributed by atoms with Crippen molar-refractivity contribution in [2.24, 2.45) is 5.92 Å². The van der Waals surface area contributed by atoms with Crippen LogP contribution in [0.1, 0.15) is 52.1 Å². The molecule has 0 saturated carbocycles. The molecule has 1 atom stereocenters. The highest BCUT2D eigenvalue weighted by Crippen LogP contribution is 2.21. The molecule has 1 aromatic carbocycles. The Morgan fingerprint density at radius 3 is 2.48 bits per heavy atom. The summed E-state index contributed by atoms with van der Waals surface area (Å²) in [6.45, 7) is 7.78. The number of benzene rings is 1. The van der Waals surface area contributed by atoms with Gasteiger partial charge in [-0.15, -0.1) is 0 Å². The fourth-order valence-corrected chi connectivity index (χ4v) is 3.22. The second kappa shape index (κ2) is 9.96. The highest BCUT2D eigenvalue weighted by Gasteiger charge is 2.31.